The van der Waals surface area contributed by atoms with Crippen molar-refractivity contribution in [2.75, 3.05) is 6.61 Å². The number of benzene rings is 2. The average Bonchev–Trinajstić information content (AvgIpc) is 3.63. The highest BCUT2D eigenvalue weighted by Gasteiger charge is 2.43. The van der Waals surface area contributed by atoms with Crippen molar-refractivity contribution in [1.29, 1.82) is 5.26 Å². The number of carbonyl (C=O) groups is 2. The number of aryl methyl sites for hydroxylation is 1. The summed E-state index contributed by atoms with van der Waals surface area (Å²) in [6, 6.07) is 19.1. The van der Waals surface area contributed by atoms with Gasteiger partial charge in [-0.05, 0) is 44.7 Å². The minimum absolute atomic E-state index is 0.151. The summed E-state index contributed by atoms with van der Waals surface area (Å²) in [6.07, 6.45) is 1.82. The molecule has 1 aromatic heterocycles. The van der Waals surface area contributed by atoms with E-state index in [1.165, 1.54) is 0 Å². The lowest BCUT2D eigenvalue weighted by atomic mass is 9.98. The number of nitrogens with one attached hydrogen (secondary N) is 1. The van der Waals surface area contributed by atoms with E-state index in [0.29, 0.717) is 22.2 Å². The molecule has 1 atom stereocenters. The molecule has 1 N–H and O–H groups in total. The van der Waals surface area contributed by atoms with Crippen LogP contribution in [0.4, 0.5) is 0 Å². The van der Waals surface area contributed by atoms with Gasteiger partial charge in [0.15, 0.2) is 6.61 Å². The molecular weight excluding hydrogens is 390 g/mol. The monoisotopic (exact) mass is 413 g/mol. The minimum atomic E-state index is -0.925. The predicted molar refractivity (Wildman–Crippen MR) is 117 cm³/mol. The number of ether oxygens (including phenoxy) is 1. The maximum atomic E-state index is 12.9. The van der Waals surface area contributed by atoms with Gasteiger partial charge in [0.05, 0.1) is 22.8 Å². The van der Waals surface area contributed by atoms with Gasteiger partial charge < -0.3 is 10.1 Å². The molecule has 0 bridgehead atoms. The summed E-state index contributed by atoms with van der Waals surface area (Å²) in [7, 11) is 0. The molecule has 0 radical (unpaired) electrons. The molecule has 1 aliphatic carbocycles. The maximum Gasteiger partial charge on any atom is 0.339 e. The Bertz CT molecular complexity index is 1190. The third-order valence-electron chi connectivity index (χ3n) is 5.64. The van der Waals surface area contributed by atoms with Gasteiger partial charge >= 0.3 is 5.97 Å². The molecule has 1 aliphatic rings. The van der Waals surface area contributed by atoms with E-state index in [-0.39, 0.29) is 5.92 Å². The van der Waals surface area contributed by atoms with E-state index in [4.69, 9.17) is 4.74 Å². The van der Waals surface area contributed by atoms with Crippen molar-refractivity contribution in [2.24, 2.45) is 5.92 Å². The molecule has 31 heavy (non-hydrogen) atoms. The van der Waals surface area contributed by atoms with Crippen LogP contribution < -0.4 is 5.32 Å². The van der Waals surface area contributed by atoms with Crippen LogP contribution in [0.15, 0.2) is 54.6 Å². The second-order valence-corrected chi connectivity index (χ2v) is 8.15. The van der Waals surface area contributed by atoms with Crippen molar-refractivity contribution in [2.45, 2.75) is 32.2 Å². The molecule has 6 nitrogen and oxygen atoms in total. The molecule has 0 spiro atoms. The minimum Gasteiger partial charge on any atom is -0.452 e. The third kappa shape index (κ3) is 4.41. The quantitative estimate of drug-likeness (QED) is 0.612. The van der Waals surface area contributed by atoms with Crippen molar-refractivity contribution in [3.63, 3.8) is 0 Å². The summed E-state index contributed by atoms with van der Waals surface area (Å²) in [5.41, 5.74) is 2.76. The lowest BCUT2D eigenvalue weighted by Gasteiger charge is -2.22. The summed E-state index contributed by atoms with van der Waals surface area (Å²) < 4.78 is 5.31. The average molecular weight is 413 g/mol. The van der Waals surface area contributed by atoms with Gasteiger partial charge in [-0.25, -0.2) is 9.78 Å². The molecule has 1 saturated carbocycles. The summed E-state index contributed by atoms with van der Waals surface area (Å²) in [5.74, 6) is -0.938. The van der Waals surface area contributed by atoms with Crippen LogP contribution in [0.25, 0.3) is 22.2 Å². The first-order chi connectivity index (χ1) is 14.9. The van der Waals surface area contributed by atoms with E-state index in [0.717, 1.165) is 24.0 Å². The Kier molecular flexibility index (Phi) is 5.43. The van der Waals surface area contributed by atoms with Crippen molar-refractivity contribution >= 4 is 22.8 Å². The van der Waals surface area contributed by atoms with E-state index < -0.39 is 24.0 Å². The Morgan fingerprint density at radius 3 is 2.58 bits per heavy atom. The number of esters is 1. The lowest BCUT2D eigenvalue weighted by Crippen LogP contribution is -2.48. The fourth-order valence-electron chi connectivity index (χ4n) is 3.63. The number of hydrogen-bond acceptors (Lipinski definition) is 5. The van der Waals surface area contributed by atoms with Crippen molar-refractivity contribution in [3.05, 3.63) is 65.7 Å². The highest BCUT2D eigenvalue weighted by molar-refractivity contribution is 6.05. The zero-order chi connectivity index (χ0) is 22.0. The van der Waals surface area contributed by atoms with Crippen LogP contribution in [0.1, 0.15) is 35.7 Å². The maximum absolute atomic E-state index is 12.9. The Morgan fingerprint density at radius 2 is 1.90 bits per heavy atom. The highest BCUT2D eigenvalue weighted by Crippen LogP contribution is 2.39. The number of para-hydroxylation sites is 1. The SMILES string of the molecule is Cc1ccc(-c2cc(C(=O)OCC(=O)N[C@@](C)(C#N)C3CC3)c3ccccc3n2)cc1. The molecule has 1 fully saturated rings. The van der Waals surface area contributed by atoms with Gasteiger partial charge in [-0.15, -0.1) is 0 Å². The highest BCUT2D eigenvalue weighted by atomic mass is 16.5. The molecular formula is C25H23N3O3. The van der Waals surface area contributed by atoms with Gasteiger partial charge in [0.25, 0.3) is 5.91 Å². The van der Waals surface area contributed by atoms with Crippen LogP contribution in [0.5, 0.6) is 0 Å². The molecule has 2 aromatic carbocycles. The van der Waals surface area contributed by atoms with Gasteiger partial charge in [0, 0.05) is 10.9 Å². The molecule has 1 amide bonds. The van der Waals surface area contributed by atoms with Gasteiger partial charge in [0.2, 0.25) is 0 Å². The number of pyridine rings is 1. The van der Waals surface area contributed by atoms with Crippen LogP contribution >= 0.6 is 0 Å². The van der Waals surface area contributed by atoms with Crippen LogP contribution in [0.3, 0.4) is 0 Å². The van der Waals surface area contributed by atoms with Gasteiger partial charge in [-0.3, -0.25) is 4.79 Å². The molecule has 0 saturated heterocycles. The standard InChI is InChI=1S/C25H23N3O3/c1-16-7-9-17(10-8-16)22-13-20(19-5-3-4-6-21(19)27-22)24(30)31-14-23(29)28-25(2,15-26)18-11-12-18/h3-10,13,18H,11-12,14H2,1-2H3,(H,28,29)/t25-/m0/s1. The van der Waals surface area contributed by atoms with E-state index in [2.05, 4.69) is 16.4 Å². The van der Waals surface area contributed by atoms with Crippen molar-refractivity contribution in [1.82, 2.24) is 10.3 Å². The first-order valence-electron chi connectivity index (χ1n) is 10.3. The number of fused-ring (bicyclic) bond motifs is 1. The number of carbonyl (C=O) groups excluding carboxylic acids is 2. The number of aromatic nitrogens is 1. The third-order valence-corrected chi connectivity index (χ3v) is 5.64. The molecule has 156 valence electrons. The van der Waals surface area contributed by atoms with Crippen molar-refractivity contribution < 1.29 is 14.3 Å². The fourth-order valence-corrected chi connectivity index (χ4v) is 3.63. The number of nitriles is 1. The lowest BCUT2D eigenvalue weighted by molar-refractivity contribution is -0.125. The Balaban J connectivity index is 1.56. The first-order valence-corrected chi connectivity index (χ1v) is 10.3. The Hall–Kier alpha value is -3.72. The molecule has 0 aliphatic heterocycles. The number of hydrogen-bond donors (Lipinski definition) is 1. The molecule has 3 aromatic rings. The summed E-state index contributed by atoms with van der Waals surface area (Å²) in [5, 5.41) is 12.8. The van der Waals surface area contributed by atoms with Crippen LogP contribution in [-0.2, 0) is 9.53 Å². The second-order valence-electron chi connectivity index (χ2n) is 8.15. The largest absolute Gasteiger partial charge is 0.452 e. The van der Waals surface area contributed by atoms with Crippen molar-refractivity contribution in [3.8, 4) is 17.3 Å². The second kappa shape index (κ2) is 8.19. The van der Waals surface area contributed by atoms with E-state index >= 15 is 0 Å². The number of nitrogens with zero attached hydrogens (tertiary/aromatic N) is 2. The van der Waals surface area contributed by atoms with E-state index in [1.807, 2.05) is 49.4 Å². The Labute approximate surface area is 180 Å². The summed E-state index contributed by atoms with van der Waals surface area (Å²) in [4.78, 5) is 29.9. The predicted octanol–water partition coefficient (Wildman–Crippen LogP) is 4.18. The topological polar surface area (TPSA) is 92.1 Å². The normalized spacial score (nSPS) is 15.0. The number of amides is 1. The summed E-state index contributed by atoms with van der Waals surface area (Å²) >= 11 is 0. The molecule has 1 heterocycles. The van der Waals surface area contributed by atoms with E-state index in [9.17, 15) is 14.9 Å². The van der Waals surface area contributed by atoms with Gasteiger partial charge in [0.1, 0.15) is 5.54 Å². The summed E-state index contributed by atoms with van der Waals surface area (Å²) in [6.45, 7) is 3.26. The number of rotatable bonds is 6. The van der Waals surface area contributed by atoms with Crippen LogP contribution in [0, 0.1) is 24.2 Å². The zero-order valence-corrected chi connectivity index (χ0v) is 17.5. The zero-order valence-electron chi connectivity index (χ0n) is 17.5. The molecule has 0 unspecified atom stereocenters. The van der Waals surface area contributed by atoms with Crippen LogP contribution in [-0.4, -0.2) is 29.0 Å². The molecule has 6 heteroatoms. The van der Waals surface area contributed by atoms with Gasteiger partial charge in [-0.2, -0.15) is 5.26 Å². The Morgan fingerprint density at radius 1 is 1.19 bits per heavy atom. The first kappa shape index (κ1) is 20.5. The molecule has 4 rings (SSSR count). The fraction of sp³-hybridized carbons (Fsp3) is 0.280. The van der Waals surface area contributed by atoms with Crippen LogP contribution in [0.2, 0.25) is 0 Å². The smallest absolute Gasteiger partial charge is 0.339 e. The van der Waals surface area contributed by atoms with E-state index in [1.54, 1.807) is 19.1 Å². The van der Waals surface area contributed by atoms with Gasteiger partial charge in [-0.1, -0.05) is 48.0 Å².